The predicted molar refractivity (Wildman–Crippen MR) is 64.4 cm³/mol. The highest BCUT2D eigenvalue weighted by atomic mass is 35.5. The van der Waals surface area contributed by atoms with E-state index in [-0.39, 0.29) is 31.5 Å². The van der Waals surface area contributed by atoms with Gasteiger partial charge in [-0.2, -0.15) is 0 Å². The van der Waals surface area contributed by atoms with Gasteiger partial charge in [0.2, 0.25) is 5.91 Å². The minimum Gasteiger partial charge on any atom is -0.399 e. The molecule has 0 bridgehead atoms. The molecule has 6 heteroatoms. The largest absolute Gasteiger partial charge is 0.399 e. The smallest absolute Gasteiger partial charge is 0.246 e. The fourth-order valence-electron chi connectivity index (χ4n) is 1.84. The predicted octanol–water partition coefficient (Wildman–Crippen LogP) is 1.19. The molecule has 0 saturated carbocycles. The summed E-state index contributed by atoms with van der Waals surface area (Å²) in [6, 6.07) is 4.29. The van der Waals surface area contributed by atoms with Crippen LogP contribution in [0.25, 0.3) is 0 Å². The summed E-state index contributed by atoms with van der Waals surface area (Å²) in [7, 11) is 0. The summed E-state index contributed by atoms with van der Waals surface area (Å²) in [6.45, 7) is 1.96. The van der Waals surface area contributed by atoms with Crippen LogP contribution in [-0.2, 0) is 15.1 Å². The molecule has 1 amide bonds. The van der Waals surface area contributed by atoms with Crippen molar-refractivity contribution >= 4 is 24.0 Å². The Morgan fingerprint density at radius 3 is 2.88 bits per heavy atom. The first-order chi connectivity index (χ1) is 7.51. The quantitative estimate of drug-likeness (QED) is 0.746. The molecule has 0 spiro atoms. The fourth-order valence-corrected chi connectivity index (χ4v) is 1.84. The summed E-state index contributed by atoms with van der Waals surface area (Å²) in [5.74, 6) is -0.655. The van der Waals surface area contributed by atoms with Crippen LogP contribution in [-0.4, -0.2) is 19.1 Å². The molecule has 1 aromatic carbocycles. The number of benzene rings is 1. The zero-order chi connectivity index (χ0) is 11.8. The summed E-state index contributed by atoms with van der Waals surface area (Å²) in [5.41, 5.74) is 5.56. The second kappa shape index (κ2) is 4.89. The molecule has 1 aliphatic heterocycles. The number of amides is 1. The maximum absolute atomic E-state index is 13.7. The van der Waals surface area contributed by atoms with Crippen LogP contribution in [0.1, 0.15) is 12.5 Å². The number of morpholine rings is 1. The van der Waals surface area contributed by atoms with Crippen molar-refractivity contribution in [1.82, 2.24) is 5.32 Å². The van der Waals surface area contributed by atoms with Gasteiger partial charge in [-0.1, -0.05) is 0 Å². The lowest BCUT2D eigenvalue weighted by Crippen LogP contribution is -2.53. The van der Waals surface area contributed by atoms with Gasteiger partial charge in [0.15, 0.2) is 0 Å². The zero-order valence-corrected chi connectivity index (χ0v) is 10.1. The lowest BCUT2D eigenvalue weighted by molar-refractivity contribution is -0.135. The molecular weight excluding hydrogens is 247 g/mol. The summed E-state index contributed by atoms with van der Waals surface area (Å²) >= 11 is 0. The molecule has 3 N–H and O–H groups in total. The van der Waals surface area contributed by atoms with Gasteiger partial charge in [-0.3, -0.25) is 4.79 Å². The first-order valence-corrected chi connectivity index (χ1v) is 4.95. The number of rotatable bonds is 1. The maximum Gasteiger partial charge on any atom is 0.246 e. The van der Waals surface area contributed by atoms with E-state index in [0.29, 0.717) is 11.3 Å². The van der Waals surface area contributed by atoms with E-state index in [1.807, 2.05) is 0 Å². The highest BCUT2D eigenvalue weighted by Crippen LogP contribution is 2.27. The Balaban J connectivity index is 0.00000144. The fraction of sp³-hybridized carbons (Fsp3) is 0.364. The van der Waals surface area contributed by atoms with Crippen molar-refractivity contribution in [3.05, 3.63) is 29.6 Å². The van der Waals surface area contributed by atoms with Crippen molar-refractivity contribution in [1.29, 1.82) is 0 Å². The van der Waals surface area contributed by atoms with E-state index < -0.39 is 11.4 Å². The maximum atomic E-state index is 13.7. The van der Waals surface area contributed by atoms with Crippen molar-refractivity contribution in [2.24, 2.45) is 0 Å². The number of halogens is 2. The summed E-state index contributed by atoms with van der Waals surface area (Å²) in [5, 5.41) is 2.72. The number of nitrogens with two attached hydrogens (primary N) is 1. The lowest BCUT2D eigenvalue weighted by Gasteiger charge is -2.35. The number of hydrogen-bond acceptors (Lipinski definition) is 3. The highest BCUT2D eigenvalue weighted by molar-refractivity contribution is 5.85. The molecule has 0 aliphatic carbocycles. The third-order valence-corrected chi connectivity index (χ3v) is 2.62. The van der Waals surface area contributed by atoms with Crippen LogP contribution in [0.15, 0.2) is 18.2 Å². The van der Waals surface area contributed by atoms with Crippen molar-refractivity contribution in [3.63, 3.8) is 0 Å². The average molecular weight is 261 g/mol. The van der Waals surface area contributed by atoms with E-state index >= 15 is 0 Å². The molecule has 1 atom stereocenters. The molecule has 1 fully saturated rings. The molecule has 0 radical (unpaired) electrons. The van der Waals surface area contributed by atoms with Crippen LogP contribution < -0.4 is 11.1 Å². The van der Waals surface area contributed by atoms with E-state index in [4.69, 9.17) is 10.5 Å². The zero-order valence-electron chi connectivity index (χ0n) is 9.33. The number of carbonyl (C=O) groups excluding carboxylic acids is 1. The monoisotopic (exact) mass is 260 g/mol. The van der Waals surface area contributed by atoms with Gasteiger partial charge >= 0.3 is 0 Å². The Morgan fingerprint density at radius 1 is 1.53 bits per heavy atom. The SMILES string of the molecule is C[C@]1(c2cc(N)ccc2F)COCC(=O)N1.Cl. The summed E-state index contributed by atoms with van der Waals surface area (Å²) in [4.78, 5) is 11.3. The first kappa shape index (κ1) is 13.7. The Kier molecular flexibility index (Phi) is 3.95. The molecule has 1 aliphatic rings. The highest BCUT2D eigenvalue weighted by Gasteiger charge is 2.35. The van der Waals surface area contributed by atoms with Gasteiger partial charge < -0.3 is 15.8 Å². The van der Waals surface area contributed by atoms with E-state index in [0.717, 1.165) is 0 Å². The van der Waals surface area contributed by atoms with E-state index in [1.165, 1.54) is 18.2 Å². The van der Waals surface area contributed by atoms with Gasteiger partial charge in [-0.25, -0.2) is 4.39 Å². The number of hydrogen-bond donors (Lipinski definition) is 2. The van der Waals surface area contributed by atoms with Gasteiger partial charge in [0.25, 0.3) is 0 Å². The van der Waals surface area contributed by atoms with Gasteiger partial charge in [-0.05, 0) is 25.1 Å². The van der Waals surface area contributed by atoms with Gasteiger partial charge in [0.1, 0.15) is 12.4 Å². The number of anilines is 1. The van der Waals surface area contributed by atoms with Crippen LogP contribution in [0.3, 0.4) is 0 Å². The van der Waals surface area contributed by atoms with Gasteiger partial charge in [0, 0.05) is 11.3 Å². The molecule has 1 aromatic rings. The number of carbonyl (C=O) groups is 1. The third-order valence-electron chi connectivity index (χ3n) is 2.62. The van der Waals surface area contributed by atoms with Crippen molar-refractivity contribution in [2.75, 3.05) is 18.9 Å². The Morgan fingerprint density at radius 2 is 2.24 bits per heavy atom. The third kappa shape index (κ3) is 2.68. The number of ether oxygens (including phenoxy) is 1. The van der Waals surface area contributed by atoms with E-state index in [2.05, 4.69) is 5.32 Å². The van der Waals surface area contributed by atoms with Crippen LogP contribution in [0.5, 0.6) is 0 Å². The van der Waals surface area contributed by atoms with Crippen molar-refractivity contribution < 1.29 is 13.9 Å². The average Bonchev–Trinajstić information content (AvgIpc) is 2.21. The summed E-state index contributed by atoms with van der Waals surface area (Å²) < 4.78 is 18.8. The minimum absolute atomic E-state index is 0. The lowest BCUT2D eigenvalue weighted by atomic mass is 9.91. The second-order valence-electron chi connectivity index (χ2n) is 4.11. The van der Waals surface area contributed by atoms with Gasteiger partial charge in [0.05, 0.1) is 12.1 Å². The second-order valence-corrected chi connectivity index (χ2v) is 4.11. The van der Waals surface area contributed by atoms with Crippen LogP contribution >= 0.6 is 12.4 Å². The summed E-state index contributed by atoms with van der Waals surface area (Å²) in [6.07, 6.45) is 0. The molecule has 0 aromatic heterocycles. The molecule has 1 saturated heterocycles. The first-order valence-electron chi connectivity index (χ1n) is 4.95. The number of nitrogen functional groups attached to an aromatic ring is 1. The molecule has 17 heavy (non-hydrogen) atoms. The molecule has 2 rings (SSSR count). The molecule has 1 heterocycles. The Labute approximate surface area is 105 Å². The van der Waals surface area contributed by atoms with Crippen molar-refractivity contribution in [3.8, 4) is 0 Å². The molecular formula is C11H14ClFN2O2. The molecule has 94 valence electrons. The molecule has 0 unspecified atom stereocenters. The van der Waals surface area contributed by atoms with Crippen LogP contribution in [0, 0.1) is 5.82 Å². The van der Waals surface area contributed by atoms with Crippen molar-refractivity contribution in [2.45, 2.75) is 12.5 Å². The Bertz CT molecular complexity index is 441. The van der Waals surface area contributed by atoms with Crippen LogP contribution in [0.2, 0.25) is 0 Å². The standard InChI is InChI=1S/C11H13FN2O2.ClH/c1-11(6-16-5-10(15)14-11)8-4-7(13)2-3-9(8)12;/h2-4H,5-6,13H2,1H3,(H,14,15);1H/t11-;/m1./s1. The van der Waals surface area contributed by atoms with Crippen LogP contribution in [0.4, 0.5) is 10.1 Å². The number of nitrogens with one attached hydrogen (secondary N) is 1. The molecule has 4 nitrogen and oxygen atoms in total. The minimum atomic E-state index is -0.852. The van der Waals surface area contributed by atoms with Gasteiger partial charge in [-0.15, -0.1) is 12.4 Å². The Hall–Kier alpha value is -1.33. The van der Waals surface area contributed by atoms with E-state index in [9.17, 15) is 9.18 Å². The van der Waals surface area contributed by atoms with E-state index in [1.54, 1.807) is 6.92 Å². The normalized spacial score (nSPS) is 23.8. The topological polar surface area (TPSA) is 64.3 Å².